The van der Waals surface area contributed by atoms with Crippen LogP contribution in [0.1, 0.15) is 39.8 Å². The molecule has 1 saturated heterocycles. The molecule has 1 amide bonds. The number of ether oxygens (including phenoxy) is 1. The van der Waals surface area contributed by atoms with E-state index in [-0.39, 0.29) is 11.8 Å². The maximum absolute atomic E-state index is 12.3. The summed E-state index contributed by atoms with van der Waals surface area (Å²) in [7, 11) is 0. The first-order valence-corrected chi connectivity index (χ1v) is 7.29. The van der Waals surface area contributed by atoms with Crippen LogP contribution in [0.3, 0.4) is 0 Å². The lowest BCUT2D eigenvalue weighted by molar-refractivity contribution is 0.0759. The van der Waals surface area contributed by atoms with Gasteiger partial charge < -0.3 is 14.1 Å². The lowest BCUT2D eigenvalue weighted by atomic mass is 9.98. The van der Waals surface area contributed by atoms with Crippen LogP contribution in [0, 0.1) is 0 Å². The third-order valence-electron chi connectivity index (χ3n) is 4.32. The van der Waals surface area contributed by atoms with E-state index in [0.29, 0.717) is 18.9 Å². The van der Waals surface area contributed by atoms with Gasteiger partial charge in [-0.1, -0.05) is 0 Å². The number of likely N-dealkylation sites (tertiary alicyclic amines) is 1. The fraction of sp³-hybridized carbons (Fsp3) is 0.467. The zero-order valence-corrected chi connectivity index (χ0v) is 11.7. The Balaban J connectivity index is 1.51. The van der Waals surface area contributed by atoms with Gasteiger partial charge in [0.2, 0.25) is 0 Å². The average molecular weight is 287 g/mol. The van der Waals surface area contributed by atoms with E-state index in [1.54, 1.807) is 12.1 Å². The summed E-state index contributed by atoms with van der Waals surface area (Å²) < 4.78 is 10.7. The van der Waals surface area contributed by atoms with Crippen LogP contribution >= 0.6 is 0 Å². The molecule has 1 unspecified atom stereocenters. The van der Waals surface area contributed by atoms with Crippen LogP contribution in [-0.2, 0) is 17.8 Å². The molecule has 0 aliphatic carbocycles. The quantitative estimate of drug-likeness (QED) is 0.912. The van der Waals surface area contributed by atoms with Crippen molar-refractivity contribution >= 4 is 5.91 Å². The Morgan fingerprint density at radius 3 is 3.29 bits per heavy atom. The molecular formula is C15H17N3O3. The number of furan rings is 1. The summed E-state index contributed by atoms with van der Waals surface area (Å²) in [6, 6.07) is 3.45. The molecule has 2 aliphatic rings. The van der Waals surface area contributed by atoms with Crippen molar-refractivity contribution in [2.75, 3.05) is 19.7 Å². The zero-order chi connectivity index (χ0) is 14.2. The number of hydrogen-bond donors (Lipinski definition) is 1. The minimum absolute atomic E-state index is 0.0387. The molecule has 0 radical (unpaired) electrons. The van der Waals surface area contributed by atoms with Crippen LogP contribution < -0.4 is 0 Å². The molecule has 0 bridgehead atoms. The fourth-order valence-corrected chi connectivity index (χ4v) is 3.20. The summed E-state index contributed by atoms with van der Waals surface area (Å²) in [6.07, 6.45) is 3.36. The summed E-state index contributed by atoms with van der Waals surface area (Å²) in [5, 5.41) is 7.59. The molecule has 110 valence electrons. The second kappa shape index (κ2) is 5.04. The van der Waals surface area contributed by atoms with E-state index in [9.17, 15) is 4.79 Å². The standard InChI is InChI=1S/C15H17N3O3/c19-15(13-2-1-6-21-13)18-5-3-10(8-18)14-11-9-20-7-4-12(11)16-17-14/h1-2,6,10H,3-5,7-9H2,(H,16,17). The highest BCUT2D eigenvalue weighted by Gasteiger charge is 2.33. The van der Waals surface area contributed by atoms with E-state index in [2.05, 4.69) is 10.2 Å². The van der Waals surface area contributed by atoms with Crippen molar-refractivity contribution in [1.29, 1.82) is 0 Å². The summed E-state index contributed by atoms with van der Waals surface area (Å²) >= 11 is 0. The van der Waals surface area contributed by atoms with Crippen molar-refractivity contribution in [3.8, 4) is 0 Å². The van der Waals surface area contributed by atoms with Gasteiger partial charge in [-0.15, -0.1) is 0 Å². The first kappa shape index (κ1) is 12.6. The lowest BCUT2D eigenvalue weighted by Gasteiger charge is -2.16. The zero-order valence-electron chi connectivity index (χ0n) is 11.7. The normalized spacial score (nSPS) is 21.5. The Morgan fingerprint density at radius 1 is 1.48 bits per heavy atom. The topological polar surface area (TPSA) is 71.4 Å². The average Bonchev–Trinajstić information content (AvgIpc) is 3.25. The molecule has 21 heavy (non-hydrogen) atoms. The van der Waals surface area contributed by atoms with E-state index >= 15 is 0 Å². The molecule has 1 atom stereocenters. The molecular weight excluding hydrogens is 270 g/mol. The second-order valence-corrected chi connectivity index (χ2v) is 5.58. The molecule has 0 saturated carbocycles. The van der Waals surface area contributed by atoms with Crippen molar-refractivity contribution in [2.24, 2.45) is 0 Å². The monoisotopic (exact) mass is 287 g/mol. The summed E-state index contributed by atoms with van der Waals surface area (Å²) in [5.74, 6) is 0.650. The Bertz CT molecular complexity index is 647. The van der Waals surface area contributed by atoms with Crippen LogP contribution in [0.5, 0.6) is 0 Å². The second-order valence-electron chi connectivity index (χ2n) is 5.58. The van der Waals surface area contributed by atoms with E-state index in [0.717, 1.165) is 31.7 Å². The smallest absolute Gasteiger partial charge is 0.289 e. The van der Waals surface area contributed by atoms with Gasteiger partial charge in [0.05, 0.1) is 25.2 Å². The summed E-state index contributed by atoms with van der Waals surface area (Å²) in [5.41, 5.74) is 3.45. The Labute approximate surface area is 122 Å². The molecule has 0 aromatic carbocycles. The van der Waals surface area contributed by atoms with Crippen LogP contribution in [-0.4, -0.2) is 40.7 Å². The van der Waals surface area contributed by atoms with Gasteiger partial charge in [0.25, 0.3) is 5.91 Å². The van der Waals surface area contributed by atoms with Gasteiger partial charge in [-0.25, -0.2) is 0 Å². The van der Waals surface area contributed by atoms with Crippen LogP contribution in [0.2, 0.25) is 0 Å². The van der Waals surface area contributed by atoms with Gasteiger partial charge in [-0.2, -0.15) is 5.10 Å². The number of aromatic amines is 1. The largest absolute Gasteiger partial charge is 0.459 e. The molecule has 2 aromatic rings. The highest BCUT2D eigenvalue weighted by atomic mass is 16.5. The number of nitrogens with zero attached hydrogens (tertiary/aromatic N) is 2. The first-order chi connectivity index (χ1) is 10.3. The fourth-order valence-electron chi connectivity index (χ4n) is 3.20. The lowest BCUT2D eigenvalue weighted by Crippen LogP contribution is -2.28. The van der Waals surface area contributed by atoms with Crippen LogP contribution in [0.4, 0.5) is 0 Å². The van der Waals surface area contributed by atoms with Crippen molar-refractivity contribution < 1.29 is 13.9 Å². The number of aromatic nitrogens is 2. The first-order valence-electron chi connectivity index (χ1n) is 7.29. The van der Waals surface area contributed by atoms with Gasteiger partial charge in [0.15, 0.2) is 5.76 Å². The highest BCUT2D eigenvalue weighted by Crippen LogP contribution is 2.31. The van der Waals surface area contributed by atoms with E-state index in [1.807, 2.05) is 4.90 Å². The summed E-state index contributed by atoms with van der Waals surface area (Å²) in [6.45, 7) is 2.82. The number of amides is 1. The van der Waals surface area contributed by atoms with Gasteiger partial charge >= 0.3 is 0 Å². The molecule has 4 heterocycles. The van der Waals surface area contributed by atoms with Gasteiger partial charge in [0, 0.05) is 36.7 Å². The maximum Gasteiger partial charge on any atom is 0.289 e. The molecule has 2 aliphatic heterocycles. The van der Waals surface area contributed by atoms with Crippen molar-refractivity contribution in [2.45, 2.75) is 25.4 Å². The third-order valence-corrected chi connectivity index (χ3v) is 4.32. The number of hydrogen-bond acceptors (Lipinski definition) is 4. The predicted molar refractivity (Wildman–Crippen MR) is 73.9 cm³/mol. The SMILES string of the molecule is O=C(c1ccco1)N1CCC(c2n[nH]c3c2COCC3)C1. The minimum atomic E-state index is -0.0387. The number of carbonyl (C=O) groups is 1. The van der Waals surface area contributed by atoms with Gasteiger partial charge in [-0.3, -0.25) is 9.89 Å². The minimum Gasteiger partial charge on any atom is -0.459 e. The molecule has 6 heteroatoms. The molecule has 1 N–H and O–H groups in total. The number of fused-ring (bicyclic) bond motifs is 1. The van der Waals surface area contributed by atoms with Crippen molar-refractivity contribution in [1.82, 2.24) is 15.1 Å². The van der Waals surface area contributed by atoms with E-state index in [1.165, 1.54) is 17.5 Å². The maximum atomic E-state index is 12.3. The number of rotatable bonds is 2. The van der Waals surface area contributed by atoms with Gasteiger partial charge in [0.1, 0.15) is 0 Å². The Morgan fingerprint density at radius 2 is 2.43 bits per heavy atom. The number of nitrogens with one attached hydrogen (secondary N) is 1. The van der Waals surface area contributed by atoms with Crippen LogP contribution in [0.15, 0.2) is 22.8 Å². The van der Waals surface area contributed by atoms with Crippen LogP contribution in [0.25, 0.3) is 0 Å². The number of carbonyl (C=O) groups excluding carboxylic acids is 1. The van der Waals surface area contributed by atoms with E-state index < -0.39 is 0 Å². The predicted octanol–water partition coefficient (Wildman–Crippen LogP) is 1.71. The molecule has 4 rings (SSSR count). The third kappa shape index (κ3) is 2.15. The highest BCUT2D eigenvalue weighted by molar-refractivity contribution is 5.91. The Kier molecular flexibility index (Phi) is 3.03. The van der Waals surface area contributed by atoms with Crippen molar-refractivity contribution in [3.05, 3.63) is 41.1 Å². The molecule has 6 nitrogen and oxygen atoms in total. The molecule has 2 aromatic heterocycles. The van der Waals surface area contributed by atoms with E-state index in [4.69, 9.17) is 9.15 Å². The molecule has 0 spiro atoms. The summed E-state index contributed by atoms with van der Waals surface area (Å²) in [4.78, 5) is 14.1. The van der Waals surface area contributed by atoms with Gasteiger partial charge in [-0.05, 0) is 18.6 Å². The molecule has 1 fully saturated rings. The van der Waals surface area contributed by atoms with Crippen molar-refractivity contribution in [3.63, 3.8) is 0 Å². The Hall–Kier alpha value is -2.08. The number of H-pyrrole nitrogens is 1.